The molecule has 1 aromatic carbocycles. The molecule has 0 saturated heterocycles. The summed E-state index contributed by atoms with van der Waals surface area (Å²) in [5.41, 5.74) is 1.25. The van der Waals surface area contributed by atoms with Crippen molar-refractivity contribution in [3.8, 4) is 0 Å². The van der Waals surface area contributed by atoms with Gasteiger partial charge in [-0.25, -0.2) is 0 Å². The summed E-state index contributed by atoms with van der Waals surface area (Å²) in [6.45, 7) is 0.583. The number of hydrogen-bond acceptors (Lipinski definition) is 4. The summed E-state index contributed by atoms with van der Waals surface area (Å²) < 4.78 is 1.04. The second kappa shape index (κ2) is 11.2. The topological polar surface area (TPSA) is 61.4 Å². The van der Waals surface area contributed by atoms with E-state index in [0.717, 1.165) is 36.6 Å². The van der Waals surface area contributed by atoms with Crippen molar-refractivity contribution in [1.82, 2.24) is 15.5 Å². The molecule has 2 N–H and O–H groups in total. The first-order valence-electron chi connectivity index (χ1n) is 10.9. The maximum atomic E-state index is 12.4. The lowest BCUT2D eigenvalue weighted by molar-refractivity contribution is -0.127. The van der Waals surface area contributed by atoms with E-state index < -0.39 is 0 Å². The first kappa shape index (κ1) is 24.0. The van der Waals surface area contributed by atoms with E-state index in [-0.39, 0.29) is 36.2 Å². The molecule has 1 aliphatic carbocycles. The van der Waals surface area contributed by atoms with Crippen LogP contribution < -0.4 is 10.6 Å². The molecule has 2 aromatic rings. The van der Waals surface area contributed by atoms with Crippen LogP contribution in [-0.4, -0.2) is 43.4 Å². The molecule has 0 unspecified atom stereocenters. The van der Waals surface area contributed by atoms with Crippen molar-refractivity contribution < 1.29 is 9.59 Å². The first-order chi connectivity index (χ1) is 14.9. The number of nitrogens with zero attached hydrogens (tertiary/aromatic N) is 1. The maximum absolute atomic E-state index is 12.4. The molecule has 1 aromatic heterocycles. The van der Waals surface area contributed by atoms with Crippen LogP contribution in [0.25, 0.3) is 0 Å². The summed E-state index contributed by atoms with van der Waals surface area (Å²) in [6.07, 6.45) is 5.23. The quantitative estimate of drug-likeness (QED) is 0.528. The molecule has 0 radical (unpaired) electrons. The van der Waals surface area contributed by atoms with Crippen molar-refractivity contribution in [2.24, 2.45) is 0 Å². The summed E-state index contributed by atoms with van der Waals surface area (Å²) in [5.74, 6) is -0.0956. The molecule has 2 amide bonds. The van der Waals surface area contributed by atoms with Crippen molar-refractivity contribution in [3.05, 3.63) is 56.7 Å². The lowest BCUT2D eigenvalue weighted by Crippen LogP contribution is -2.48. The fraction of sp³-hybridized carbons (Fsp3) is 0.500. The van der Waals surface area contributed by atoms with Gasteiger partial charge in [-0.05, 0) is 75.3 Å². The van der Waals surface area contributed by atoms with Gasteiger partial charge in [-0.3, -0.25) is 14.5 Å². The number of benzene rings is 1. The Morgan fingerprint density at radius 2 is 1.77 bits per heavy atom. The van der Waals surface area contributed by atoms with Crippen LogP contribution in [0.15, 0.2) is 46.3 Å². The maximum Gasteiger partial charge on any atom is 0.220 e. The summed E-state index contributed by atoms with van der Waals surface area (Å²) >= 11 is 5.23. The van der Waals surface area contributed by atoms with E-state index in [1.54, 1.807) is 0 Å². The van der Waals surface area contributed by atoms with E-state index in [4.69, 9.17) is 0 Å². The van der Waals surface area contributed by atoms with Gasteiger partial charge in [-0.2, -0.15) is 0 Å². The van der Waals surface area contributed by atoms with Crippen LogP contribution in [0.2, 0.25) is 0 Å². The molecular weight excluding hydrogens is 474 g/mol. The van der Waals surface area contributed by atoms with E-state index >= 15 is 0 Å². The number of halogens is 1. The largest absolute Gasteiger partial charge is 0.356 e. The van der Waals surface area contributed by atoms with Gasteiger partial charge in [0.25, 0.3) is 0 Å². The Morgan fingerprint density at radius 3 is 2.39 bits per heavy atom. The summed E-state index contributed by atoms with van der Waals surface area (Å²) in [5, 5.41) is 8.19. The predicted molar refractivity (Wildman–Crippen MR) is 130 cm³/mol. The minimum absolute atomic E-state index is 0.0264. The SMILES string of the molecule is CN(C)C1(c2cccs2)CCC(NC(=O)CCC(=O)NCCc2ccc(Br)cc2)CC1. The zero-order valence-corrected chi connectivity index (χ0v) is 20.7. The minimum atomic E-state index is -0.0692. The zero-order valence-electron chi connectivity index (χ0n) is 18.3. The van der Waals surface area contributed by atoms with Crippen LogP contribution in [0.5, 0.6) is 0 Å². The molecule has 3 rings (SSSR count). The van der Waals surface area contributed by atoms with Gasteiger partial charge < -0.3 is 10.6 Å². The molecule has 1 saturated carbocycles. The lowest BCUT2D eigenvalue weighted by atomic mass is 9.77. The first-order valence-corrected chi connectivity index (χ1v) is 12.6. The van der Waals surface area contributed by atoms with Gasteiger partial charge >= 0.3 is 0 Å². The Labute approximate surface area is 197 Å². The fourth-order valence-electron chi connectivity index (χ4n) is 4.31. The molecule has 0 spiro atoms. The van der Waals surface area contributed by atoms with Gasteiger partial charge in [0.1, 0.15) is 0 Å². The van der Waals surface area contributed by atoms with E-state index in [0.29, 0.717) is 6.54 Å². The predicted octanol–water partition coefficient (Wildman–Crippen LogP) is 4.47. The molecule has 168 valence electrons. The van der Waals surface area contributed by atoms with Crippen LogP contribution in [-0.2, 0) is 21.5 Å². The van der Waals surface area contributed by atoms with Crippen LogP contribution in [0, 0.1) is 0 Å². The molecular formula is C24H32BrN3O2S. The van der Waals surface area contributed by atoms with Crippen LogP contribution >= 0.6 is 27.3 Å². The molecule has 1 heterocycles. The highest BCUT2D eigenvalue weighted by Crippen LogP contribution is 2.42. The van der Waals surface area contributed by atoms with Gasteiger partial charge in [0.15, 0.2) is 0 Å². The summed E-state index contributed by atoms with van der Waals surface area (Å²) in [4.78, 5) is 28.2. The minimum Gasteiger partial charge on any atom is -0.356 e. The standard InChI is InChI=1S/C24H32BrN3O2S/c1-28(2)24(21-4-3-17-31-21)14-11-20(12-15-24)27-23(30)10-9-22(29)26-16-13-18-5-7-19(25)8-6-18/h3-8,17,20H,9-16H2,1-2H3,(H,26,29)(H,27,30). The number of hydrogen-bond donors (Lipinski definition) is 2. The Kier molecular flexibility index (Phi) is 8.69. The van der Waals surface area contributed by atoms with Gasteiger partial charge in [0.05, 0.1) is 5.54 Å². The molecule has 0 bridgehead atoms. The average Bonchev–Trinajstić information content (AvgIpc) is 3.30. The number of carbonyl (C=O) groups excluding carboxylic acids is 2. The van der Waals surface area contributed by atoms with Gasteiger partial charge in [0.2, 0.25) is 11.8 Å². The van der Waals surface area contributed by atoms with Crippen molar-refractivity contribution in [2.75, 3.05) is 20.6 Å². The molecule has 5 nitrogen and oxygen atoms in total. The lowest BCUT2D eigenvalue weighted by Gasteiger charge is -2.44. The van der Waals surface area contributed by atoms with Crippen molar-refractivity contribution in [1.29, 1.82) is 0 Å². The van der Waals surface area contributed by atoms with Crippen molar-refractivity contribution >= 4 is 39.1 Å². The molecule has 31 heavy (non-hydrogen) atoms. The highest BCUT2D eigenvalue weighted by Gasteiger charge is 2.39. The summed E-state index contributed by atoms with van der Waals surface area (Å²) in [6, 6.07) is 12.6. The van der Waals surface area contributed by atoms with E-state index in [1.165, 1.54) is 10.4 Å². The third-order valence-corrected chi connectivity index (χ3v) is 7.83. The van der Waals surface area contributed by atoms with Crippen LogP contribution in [0.3, 0.4) is 0 Å². The Balaban J connectivity index is 1.35. The molecule has 0 atom stereocenters. The molecule has 7 heteroatoms. The zero-order chi connectivity index (χ0) is 22.3. The number of amides is 2. The number of nitrogens with one attached hydrogen (secondary N) is 2. The molecule has 1 aliphatic rings. The van der Waals surface area contributed by atoms with Gasteiger partial charge in [0, 0.05) is 34.8 Å². The third-order valence-electron chi connectivity index (χ3n) is 6.24. The molecule has 0 aliphatic heterocycles. The number of rotatable bonds is 9. The summed E-state index contributed by atoms with van der Waals surface area (Å²) in [7, 11) is 4.29. The highest BCUT2D eigenvalue weighted by atomic mass is 79.9. The Morgan fingerprint density at radius 1 is 1.10 bits per heavy atom. The van der Waals surface area contributed by atoms with Crippen molar-refractivity contribution in [2.45, 2.75) is 56.5 Å². The monoisotopic (exact) mass is 505 g/mol. The Bertz CT molecular complexity index is 844. The second-order valence-corrected chi connectivity index (χ2v) is 10.3. The molecule has 1 fully saturated rings. The van der Waals surface area contributed by atoms with E-state index in [2.05, 4.69) is 63.1 Å². The fourth-order valence-corrected chi connectivity index (χ4v) is 5.64. The number of thiophene rings is 1. The van der Waals surface area contributed by atoms with Crippen LogP contribution in [0.4, 0.5) is 0 Å². The van der Waals surface area contributed by atoms with Gasteiger partial charge in [-0.15, -0.1) is 11.3 Å². The van der Waals surface area contributed by atoms with E-state index in [1.807, 2.05) is 35.6 Å². The highest BCUT2D eigenvalue weighted by molar-refractivity contribution is 9.10. The van der Waals surface area contributed by atoms with Crippen molar-refractivity contribution in [3.63, 3.8) is 0 Å². The second-order valence-electron chi connectivity index (χ2n) is 8.47. The normalized spacial score (nSPS) is 21.1. The van der Waals surface area contributed by atoms with Gasteiger partial charge in [-0.1, -0.05) is 34.1 Å². The number of carbonyl (C=O) groups is 2. The third kappa shape index (κ3) is 6.64. The van der Waals surface area contributed by atoms with E-state index in [9.17, 15) is 9.59 Å². The van der Waals surface area contributed by atoms with Crippen LogP contribution in [0.1, 0.15) is 49.0 Å². The Hall–Kier alpha value is -1.70. The smallest absolute Gasteiger partial charge is 0.220 e. The average molecular weight is 507 g/mol.